The van der Waals surface area contributed by atoms with Gasteiger partial charge in [0.1, 0.15) is 17.1 Å². The molecule has 0 radical (unpaired) electrons. The Morgan fingerprint density at radius 2 is 1.73 bits per heavy atom. The summed E-state index contributed by atoms with van der Waals surface area (Å²) in [6.07, 6.45) is -0.198. The van der Waals surface area contributed by atoms with Crippen LogP contribution in [0.5, 0.6) is 5.75 Å². The molecule has 0 spiro atoms. The summed E-state index contributed by atoms with van der Waals surface area (Å²) in [4.78, 5) is 20.5. The summed E-state index contributed by atoms with van der Waals surface area (Å²) in [6, 6.07) is 13.9. The van der Waals surface area contributed by atoms with Gasteiger partial charge in [-0.3, -0.25) is 9.11 Å². The zero-order chi connectivity index (χ0) is 32.3. The summed E-state index contributed by atoms with van der Waals surface area (Å²) in [6.45, 7) is 4.87. The molecule has 2 amide bonds. The van der Waals surface area contributed by atoms with E-state index in [-0.39, 0.29) is 29.5 Å². The first kappa shape index (κ1) is 33.9. The van der Waals surface area contributed by atoms with Crippen LogP contribution in [0, 0.1) is 5.82 Å². The van der Waals surface area contributed by atoms with E-state index in [0.29, 0.717) is 39.3 Å². The van der Waals surface area contributed by atoms with E-state index in [9.17, 15) is 17.6 Å². The molecule has 0 saturated carbocycles. The van der Waals surface area contributed by atoms with E-state index in [4.69, 9.17) is 15.2 Å². The number of hydrogen-bond acceptors (Lipinski definition) is 8. The molecule has 5 N–H and O–H groups in total. The predicted molar refractivity (Wildman–Crippen MR) is 170 cm³/mol. The number of methoxy groups -OCH3 is 1. The van der Waals surface area contributed by atoms with Crippen LogP contribution in [0.25, 0.3) is 33.4 Å². The molecule has 44 heavy (non-hydrogen) atoms. The number of hydrogen-bond donors (Lipinski definition) is 4. The number of nitrogen functional groups attached to an aromatic ring is 1. The predicted octanol–water partition coefficient (Wildman–Crippen LogP) is 5.59. The fourth-order valence-electron chi connectivity index (χ4n) is 4.06. The molecule has 0 unspecified atom stereocenters. The number of aromatic nitrogens is 2. The van der Waals surface area contributed by atoms with Gasteiger partial charge in [-0.05, 0) is 68.3 Å². The van der Waals surface area contributed by atoms with E-state index in [1.807, 2.05) is 13.8 Å². The van der Waals surface area contributed by atoms with E-state index in [1.54, 1.807) is 36.4 Å². The summed E-state index contributed by atoms with van der Waals surface area (Å²) in [5.74, 6) is -0.562. The van der Waals surface area contributed by atoms with E-state index in [2.05, 4.69) is 25.3 Å². The molecule has 0 bridgehead atoms. The highest BCUT2D eigenvalue weighted by Gasteiger charge is 2.19. The quantitative estimate of drug-likeness (QED) is 0.167. The second-order valence-electron chi connectivity index (χ2n) is 9.20. The van der Waals surface area contributed by atoms with Gasteiger partial charge in [-0.2, -0.15) is 0 Å². The lowest BCUT2D eigenvalue weighted by Gasteiger charge is -2.14. The molecule has 0 atom stereocenters. The monoisotopic (exact) mass is 630 g/mol. The SMILES string of the molecule is CCOCC.CNC(=O)Nc1ccc(-c2nc(N)c3cc(-c4cccc(NS(=O)(=O)CCCF)c4F)cc(OC)c3n2)cc1. The van der Waals surface area contributed by atoms with E-state index < -0.39 is 28.3 Å². The van der Waals surface area contributed by atoms with Crippen LogP contribution < -0.4 is 25.8 Å². The Morgan fingerprint density at radius 1 is 1.02 bits per heavy atom. The Kier molecular flexibility index (Phi) is 12.2. The van der Waals surface area contributed by atoms with Crippen LogP contribution >= 0.6 is 0 Å². The van der Waals surface area contributed by atoms with Gasteiger partial charge in [0.05, 0.1) is 25.2 Å². The lowest BCUT2D eigenvalue weighted by Crippen LogP contribution is -2.24. The molecule has 1 heterocycles. The maximum Gasteiger partial charge on any atom is 0.318 e. The van der Waals surface area contributed by atoms with Crippen LogP contribution in [0.1, 0.15) is 20.3 Å². The molecule has 0 aliphatic rings. The molecule has 0 saturated heterocycles. The molecule has 236 valence electrons. The van der Waals surface area contributed by atoms with Gasteiger partial charge in [0.25, 0.3) is 0 Å². The summed E-state index contributed by atoms with van der Waals surface area (Å²) in [7, 11) is -0.988. The van der Waals surface area contributed by atoms with Crippen molar-refractivity contribution in [3.63, 3.8) is 0 Å². The Bertz CT molecular complexity index is 1690. The van der Waals surface area contributed by atoms with Crippen molar-refractivity contribution in [2.75, 3.05) is 55.6 Å². The fraction of sp³-hybridized carbons (Fsp3) is 0.300. The summed E-state index contributed by atoms with van der Waals surface area (Å²) in [5, 5.41) is 5.53. The van der Waals surface area contributed by atoms with E-state index in [0.717, 1.165) is 13.2 Å². The average molecular weight is 631 g/mol. The second-order valence-corrected chi connectivity index (χ2v) is 11.0. The first-order chi connectivity index (χ1) is 21.1. The molecule has 4 aromatic rings. The molecule has 0 aliphatic heterocycles. The maximum absolute atomic E-state index is 15.4. The van der Waals surface area contributed by atoms with Crippen molar-refractivity contribution >= 4 is 44.1 Å². The zero-order valence-electron chi connectivity index (χ0n) is 24.9. The van der Waals surface area contributed by atoms with Crippen molar-refractivity contribution in [2.45, 2.75) is 20.3 Å². The number of carbonyl (C=O) groups is 1. The number of benzene rings is 3. The number of urea groups is 1. The third-order valence-electron chi connectivity index (χ3n) is 6.17. The van der Waals surface area contributed by atoms with Gasteiger partial charge in [0, 0.05) is 42.5 Å². The van der Waals surface area contributed by atoms with Crippen LogP contribution in [-0.2, 0) is 14.8 Å². The highest BCUT2D eigenvalue weighted by Crippen LogP contribution is 2.37. The lowest BCUT2D eigenvalue weighted by atomic mass is 10.0. The van der Waals surface area contributed by atoms with Crippen LogP contribution in [0.4, 0.5) is 30.8 Å². The van der Waals surface area contributed by atoms with Crippen LogP contribution in [-0.4, -0.2) is 64.2 Å². The second kappa shape index (κ2) is 15.8. The van der Waals surface area contributed by atoms with Crippen molar-refractivity contribution in [1.82, 2.24) is 15.3 Å². The number of halogens is 2. The van der Waals surface area contributed by atoms with E-state index in [1.165, 1.54) is 32.4 Å². The number of nitrogens with one attached hydrogen (secondary N) is 3. The first-order valence-corrected chi connectivity index (χ1v) is 15.4. The van der Waals surface area contributed by atoms with Crippen molar-refractivity contribution in [1.29, 1.82) is 0 Å². The standard InChI is InChI=1S/C26H26F2N6O4S.C4H10O/c1-30-26(35)31-17-9-7-15(8-10-17)25-32-23-19(24(29)33-25)13-16(14-21(23)38-2)18-5-3-6-20(22(18)28)34-39(36,37)12-4-11-27;1-3-5-4-2/h3,5-10,13-14,34H,4,11-12H2,1-2H3,(H2,29,32,33)(H2,30,31,35);3-4H2,1-2H3. The Hall–Kier alpha value is -4.56. The Balaban J connectivity index is 0.000000978. The minimum absolute atomic E-state index is 0.0866. The van der Waals surface area contributed by atoms with Crippen molar-refractivity contribution in [3.8, 4) is 28.3 Å². The van der Waals surface area contributed by atoms with Crippen LogP contribution in [0.15, 0.2) is 54.6 Å². The number of sulfonamides is 1. The highest BCUT2D eigenvalue weighted by atomic mass is 32.2. The minimum Gasteiger partial charge on any atom is -0.494 e. The molecule has 1 aromatic heterocycles. The van der Waals surface area contributed by atoms with Crippen LogP contribution in [0.2, 0.25) is 0 Å². The summed E-state index contributed by atoms with van der Waals surface area (Å²) in [5.41, 5.74) is 8.06. The number of rotatable bonds is 11. The first-order valence-electron chi connectivity index (χ1n) is 13.7. The molecule has 0 aliphatic carbocycles. The van der Waals surface area contributed by atoms with Crippen molar-refractivity contribution in [3.05, 3.63) is 60.4 Å². The van der Waals surface area contributed by atoms with Gasteiger partial charge in [-0.1, -0.05) is 12.1 Å². The fourth-order valence-corrected chi connectivity index (χ4v) is 5.15. The third-order valence-corrected chi connectivity index (χ3v) is 7.53. The molecular formula is C30H36F2N6O5S. The normalized spacial score (nSPS) is 11.0. The number of alkyl halides is 1. The van der Waals surface area contributed by atoms with Crippen molar-refractivity contribution in [2.24, 2.45) is 0 Å². The summed E-state index contributed by atoms with van der Waals surface area (Å²) >= 11 is 0. The number of carbonyl (C=O) groups excluding carboxylic acids is 1. The number of nitrogens with zero attached hydrogens (tertiary/aromatic N) is 2. The van der Waals surface area contributed by atoms with Gasteiger partial charge in [-0.25, -0.2) is 27.6 Å². The van der Waals surface area contributed by atoms with Crippen LogP contribution in [0.3, 0.4) is 0 Å². The molecule has 14 heteroatoms. The topological polar surface area (TPSA) is 158 Å². The van der Waals surface area contributed by atoms with Gasteiger partial charge < -0.3 is 25.8 Å². The number of anilines is 3. The third kappa shape index (κ3) is 8.74. The molecule has 11 nitrogen and oxygen atoms in total. The van der Waals surface area contributed by atoms with E-state index >= 15 is 4.39 Å². The summed E-state index contributed by atoms with van der Waals surface area (Å²) < 4.78 is 64.8. The smallest absolute Gasteiger partial charge is 0.318 e. The van der Waals surface area contributed by atoms with Gasteiger partial charge in [0.15, 0.2) is 11.6 Å². The minimum atomic E-state index is -3.93. The van der Waals surface area contributed by atoms with Gasteiger partial charge >= 0.3 is 6.03 Å². The number of ether oxygens (including phenoxy) is 2. The Labute approximate surface area is 255 Å². The maximum atomic E-state index is 15.4. The molecular weight excluding hydrogens is 594 g/mol. The number of fused-ring (bicyclic) bond motifs is 1. The Morgan fingerprint density at radius 3 is 2.32 bits per heavy atom. The molecule has 4 rings (SSSR count). The largest absolute Gasteiger partial charge is 0.494 e. The number of nitrogens with two attached hydrogens (primary N) is 1. The highest BCUT2D eigenvalue weighted by molar-refractivity contribution is 7.92. The molecule has 3 aromatic carbocycles. The molecule has 0 fully saturated rings. The average Bonchev–Trinajstić information content (AvgIpc) is 3.01. The van der Waals surface area contributed by atoms with Crippen molar-refractivity contribution < 1.29 is 31.5 Å². The van der Waals surface area contributed by atoms with Gasteiger partial charge in [-0.15, -0.1) is 0 Å². The lowest BCUT2D eigenvalue weighted by molar-refractivity contribution is 0.162. The number of amides is 2. The zero-order valence-corrected chi connectivity index (χ0v) is 25.7. The van der Waals surface area contributed by atoms with Gasteiger partial charge in [0.2, 0.25) is 10.0 Å².